The van der Waals surface area contributed by atoms with Crippen LogP contribution in [0.5, 0.6) is 0 Å². The van der Waals surface area contributed by atoms with Crippen LogP contribution in [0.2, 0.25) is 5.02 Å². The fourth-order valence-electron chi connectivity index (χ4n) is 1.82. The number of hydrogen-bond acceptors (Lipinski definition) is 2. The highest BCUT2D eigenvalue weighted by Crippen LogP contribution is 2.20. The maximum absolute atomic E-state index is 13.3. The number of nitrogens with one attached hydrogen (secondary N) is 1. The standard InChI is InChI=1S/C14H12ClF4N3O/c15-10-2-1-9(7-11(10)16)8-13(23)20-12-3-5-22(21-12)6-4-14(17,18)19/h1-3,5,7H,4,6,8H2,(H,20,21,23). The lowest BCUT2D eigenvalue weighted by Gasteiger charge is -2.06. The first-order valence-corrected chi connectivity index (χ1v) is 6.95. The summed E-state index contributed by atoms with van der Waals surface area (Å²) in [6.45, 7) is -0.332. The summed E-state index contributed by atoms with van der Waals surface area (Å²) < 4.78 is 50.7. The van der Waals surface area contributed by atoms with Crippen LogP contribution in [0.3, 0.4) is 0 Å². The lowest BCUT2D eigenvalue weighted by Crippen LogP contribution is -2.16. The Balaban J connectivity index is 1.90. The van der Waals surface area contributed by atoms with E-state index in [1.807, 2.05) is 0 Å². The molecule has 1 amide bonds. The van der Waals surface area contributed by atoms with Crippen molar-refractivity contribution in [3.8, 4) is 0 Å². The number of rotatable bonds is 5. The quantitative estimate of drug-likeness (QED) is 0.834. The summed E-state index contributed by atoms with van der Waals surface area (Å²) in [4.78, 5) is 11.8. The number of carbonyl (C=O) groups is 1. The molecular formula is C14H12ClF4N3O. The predicted molar refractivity (Wildman–Crippen MR) is 76.6 cm³/mol. The number of carbonyl (C=O) groups excluding carboxylic acids is 1. The summed E-state index contributed by atoms with van der Waals surface area (Å²) in [5, 5.41) is 6.21. The fourth-order valence-corrected chi connectivity index (χ4v) is 1.93. The minimum Gasteiger partial charge on any atom is -0.309 e. The summed E-state index contributed by atoms with van der Waals surface area (Å²) in [5.74, 6) is -0.965. The molecule has 0 aliphatic rings. The Hall–Kier alpha value is -2.09. The first-order valence-electron chi connectivity index (χ1n) is 6.57. The van der Waals surface area contributed by atoms with Crippen LogP contribution in [0.15, 0.2) is 30.5 Å². The molecule has 0 aliphatic heterocycles. The van der Waals surface area contributed by atoms with Gasteiger partial charge < -0.3 is 5.32 Å². The third-order valence-corrected chi connectivity index (χ3v) is 3.19. The number of aromatic nitrogens is 2. The van der Waals surface area contributed by atoms with Crippen LogP contribution in [0, 0.1) is 5.82 Å². The summed E-state index contributed by atoms with van der Waals surface area (Å²) in [7, 11) is 0. The Labute approximate surface area is 134 Å². The van der Waals surface area contributed by atoms with Gasteiger partial charge in [-0.15, -0.1) is 0 Å². The lowest BCUT2D eigenvalue weighted by atomic mass is 10.1. The Bertz CT molecular complexity index is 700. The molecule has 0 saturated heterocycles. The molecule has 0 bridgehead atoms. The molecule has 23 heavy (non-hydrogen) atoms. The summed E-state index contributed by atoms with van der Waals surface area (Å²) in [6, 6.07) is 5.37. The number of anilines is 1. The van der Waals surface area contributed by atoms with E-state index in [9.17, 15) is 22.4 Å². The number of hydrogen-bond donors (Lipinski definition) is 1. The normalized spacial score (nSPS) is 11.5. The number of nitrogens with zero attached hydrogens (tertiary/aromatic N) is 2. The predicted octanol–water partition coefficient (Wildman–Crippen LogP) is 3.81. The third kappa shape index (κ3) is 5.55. The Morgan fingerprint density at radius 1 is 1.30 bits per heavy atom. The van der Waals surface area contributed by atoms with Gasteiger partial charge in [0, 0.05) is 18.8 Å². The molecule has 9 heteroatoms. The lowest BCUT2D eigenvalue weighted by molar-refractivity contribution is -0.137. The molecule has 0 atom stereocenters. The average molecular weight is 350 g/mol. The van der Waals surface area contributed by atoms with E-state index < -0.39 is 24.3 Å². The van der Waals surface area contributed by atoms with E-state index >= 15 is 0 Å². The minimum absolute atomic E-state index is 0.0439. The van der Waals surface area contributed by atoms with E-state index in [0.717, 1.165) is 10.7 Å². The van der Waals surface area contributed by atoms with Gasteiger partial charge in [-0.2, -0.15) is 18.3 Å². The van der Waals surface area contributed by atoms with E-state index in [-0.39, 0.29) is 23.8 Å². The van der Waals surface area contributed by atoms with Crippen molar-refractivity contribution in [2.24, 2.45) is 0 Å². The van der Waals surface area contributed by atoms with Crippen LogP contribution in [0.1, 0.15) is 12.0 Å². The number of aryl methyl sites for hydroxylation is 1. The van der Waals surface area contributed by atoms with Crippen LogP contribution in [-0.2, 0) is 17.8 Å². The number of amides is 1. The van der Waals surface area contributed by atoms with Crippen molar-refractivity contribution in [3.63, 3.8) is 0 Å². The van der Waals surface area contributed by atoms with Crippen molar-refractivity contribution in [1.29, 1.82) is 0 Å². The molecule has 1 heterocycles. The zero-order chi connectivity index (χ0) is 17.0. The SMILES string of the molecule is O=C(Cc1ccc(Cl)c(F)c1)Nc1ccn(CCC(F)(F)F)n1. The van der Waals surface area contributed by atoms with Crippen molar-refractivity contribution < 1.29 is 22.4 Å². The molecule has 124 valence electrons. The van der Waals surface area contributed by atoms with Crippen molar-refractivity contribution in [2.75, 3.05) is 5.32 Å². The van der Waals surface area contributed by atoms with E-state index in [0.29, 0.717) is 5.56 Å². The second kappa shape index (κ2) is 6.99. The molecule has 0 saturated carbocycles. The Kier molecular flexibility index (Phi) is 5.25. The molecule has 2 aromatic rings. The highest BCUT2D eigenvalue weighted by atomic mass is 35.5. The van der Waals surface area contributed by atoms with Gasteiger partial charge in [0.15, 0.2) is 5.82 Å². The molecule has 0 fully saturated rings. The van der Waals surface area contributed by atoms with Crippen molar-refractivity contribution >= 4 is 23.3 Å². The van der Waals surface area contributed by atoms with Gasteiger partial charge in [0.25, 0.3) is 0 Å². The van der Waals surface area contributed by atoms with Gasteiger partial charge in [-0.3, -0.25) is 9.48 Å². The Morgan fingerprint density at radius 3 is 2.70 bits per heavy atom. The maximum Gasteiger partial charge on any atom is 0.390 e. The molecule has 1 aromatic heterocycles. The highest BCUT2D eigenvalue weighted by molar-refractivity contribution is 6.30. The monoisotopic (exact) mass is 349 g/mol. The smallest absolute Gasteiger partial charge is 0.309 e. The largest absolute Gasteiger partial charge is 0.390 e. The molecule has 0 spiro atoms. The molecule has 1 N–H and O–H groups in total. The van der Waals surface area contributed by atoms with Crippen LogP contribution < -0.4 is 5.32 Å². The van der Waals surface area contributed by atoms with Gasteiger partial charge >= 0.3 is 6.18 Å². The zero-order valence-corrected chi connectivity index (χ0v) is 12.5. The topological polar surface area (TPSA) is 46.9 Å². The van der Waals surface area contributed by atoms with E-state index in [2.05, 4.69) is 10.4 Å². The van der Waals surface area contributed by atoms with Gasteiger partial charge in [0.1, 0.15) is 5.82 Å². The van der Waals surface area contributed by atoms with Crippen molar-refractivity contribution in [3.05, 3.63) is 46.9 Å². The van der Waals surface area contributed by atoms with Gasteiger partial charge in [-0.25, -0.2) is 4.39 Å². The molecule has 0 aliphatic carbocycles. The van der Waals surface area contributed by atoms with E-state index in [1.54, 1.807) is 0 Å². The fraction of sp³-hybridized carbons (Fsp3) is 0.286. The molecule has 2 rings (SSSR count). The van der Waals surface area contributed by atoms with E-state index in [4.69, 9.17) is 11.6 Å². The minimum atomic E-state index is -4.27. The molecule has 0 unspecified atom stereocenters. The molecule has 0 radical (unpaired) electrons. The second-order valence-electron chi connectivity index (χ2n) is 4.80. The Morgan fingerprint density at radius 2 is 2.04 bits per heavy atom. The van der Waals surface area contributed by atoms with Gasteiger partial charge in [-0.05, 0) is 17.7 Å². The number of alkyl halides is 3. The molecule has 4 nitrogen and oxygen atoms in total. The van der Waals surface area contributed by atoms with Crippen LogP contribution in [0.4, 0.5) is 23.4 Å². The van der Waals surface area contributed by atoms with E-state index in [1.165, 1.54) is 24.4 Å². The maximum atomic E-state index is 13.3. The highest BCUT2D eigenvalue weighted by Gasteiger charge is 2.26. The first kappa shape index (κ1) is 17.3. The van der Waals surface area contributed by atoms with Gasteiger partial charge in [-0.1, -0.05) is 17.7 Å². The average Bonchev–Trinajstić information content (AvgIpc) is 2.87. The summed E-state index contributed by atoms with van der Waals surface area (Å²) in [6.07, 6.45) is -4.05. The van der Waals surface area contributed by atoms with Gasteiger partial charge in [0.05, 0.1) is 17.9 Å². The molecular weight excluding hydrogens is 338 g/mol. The number of benzene rings is 1. The van der Waals surface area contributed by atoms with Gasteiger partial charge in [0.2, 0.25) is 5.91 Å². The summed E-state index contributed by atoms with van der Waals surface area (Å²) >= 11 is 5.54. The van der Waals surface area contributed by atoms with Crippen LogP contribution in [0.25, 0.3) is 0 Å². The number of halogens is 5. The summed E-state index contributed by atoms with van der Waals surface area (Å²) in [5.41, 5.74) is 0.418. The first-order chi connectivity index (χ1) is 10.7. The van der Waals surface area contributed by atoms with Crippen LogP contribution >= 0.6 is 11.6 Å². The van der Waals surface area contributed by atoms with Crippen molar-refractivity contribution in [1.82, 2.24) is 9.78 Å². The third-order valence-electron chi connectivity index (χ3n) is 2.88. The second-order valence-corrected chi connectivity index (χ2v) is 5.21. The molecule has 1 aromatic carbocycles. The zero-order valence-electron chi connectivity index (χ0n) is 11.7. The van der Waals surface area contributed by atoms with Crippen LogP contribution in [-0.4, -0.2) is 21.9 Å². The van der Waals surface area contributed by atoms with Crippen molar-refractivity contribution in [2.45, 2.75) is 25.6 Å².